The molecule has 4 aromatic rings. The van der Waals surface area contributed by atoms with Crippen molar-refractivity contribution in [1.82, 2.24) is 0 Å². The van der Waals surface area contributed by atoms with Gasteiger partial charge in [0, 0.05) is 29.0 Å². The molecule has 0 N–H and O–H groups in total. The summed E-state index contributed by atoms with van der Waals surface area (Å²) in [7, 11) is -4.72. The molecule has 11 rings (SSSR count). The molecule has 0 spiro atoms. The number of carbonyl (C=O) groups excluding carboxylic acids is 2. The smallest absolute Gasteiger partial charge is 0.317 e. The van der Waals surface area contributed by atoms with E-state index in [9.17, 15) is 22.6 Å². The van der Waals surface area contributed by atoms with E-state index in [1.54, 1.807) is 24.3 Å². The van der Waals surface area contributed by atoms with E-state index in [-0.39, 0.29) is 57.6 Å². The lowest BCUT2D eigenvalue weighted by atomic mass is 9.48. The number of ether oxygens (including phenoxy) is 2. The summed E-state index contributed by atoms with van der Waals surface area (Å²) < 4.78 is 48.5. The Morgan fingerprint density at radius 1 is 0.717 bits per heavy atom. The molecule has 3 unspecified atom stereocenters. The van der Waals surface area contributed by atoms with Crippen molar-refractivity contribution in [2.45, 2.75) is 67.3 Å². The van der Waals surface area contributed by atoms with Crippen LogP contribution in [0.3, 0.4) is 0 Å². The van der Waals surface area contributed by atoms with Gasteiger partial charge in [-0.3, -0.25) is 9.59 Å². The molecule has 0 amide bonds. The van der Waals surface area contributed by atoms with E-state index in [4.69, 9.17) is 9.47 Å². The molecular weight excluding hydrogens is 600 g/mol. The maximum Gasteiger partial charge on any atom is 0.317 e. The van der Waals surface area contributed by atoms with Crippen LogP contribution < -0.4 is 4.74 Å². The Bertz CT molecular complexity index is 2000. The Balaban J connectivity index is 1.01. The first-order valence-electron chi connectivity index (χ1n) is 16.2. The van der Waals surface area contributed by atoms with Gasteiger partial charge in [0.25, 0.3) is 0 Å². The van der Waals surface area contributed by atoms with Crippen molar-refractivity contribution in [3.8, 4) is 5.75 Å². The molecule has 4 aromatic carbocycles. The average molecular weight is 634 g/mol. The highest BCUT2D eigenvalue weighted by Gasteiger charge is 2.63. The molecule has 0 aromatic heterocycles. The molecule has 0 saturated heterocycles. The van der Waals surface area contributed by atoms with Gasteiger partial charge in [-0.2, -0.15) is 0 Å². The van der Waals surface area contributed by atoms with Crippen molar-refractivity contribution in [3.05, 3.63) is 107 Å². The fraction of sp³-hybridized carbons (Fsp3) is 0.368. The molecule has 0 radical (unpaired) electrons. The fourth-order valence-electron chi connectivity index (χ4n) is 10.5. The Labute approximate surface area is 267 Å². The number of carbonyl (C=O) groups is 2. The molecule has 234 valence electrons. The highest BCUT2D eigenvalue weighted by Crippen LogP contribution is 2.64. The second-order valence-corrected chi connectivity index (χ2v) is 15.8. The van der Waals surface area contributed by atoms with Gasteiger partial charge in [-0.05, 0) is 84.7 Å². The van der Waals surface area contributed by atoms with Crippen LogP contribution in [0.15, 0.2) is 89.8 Å². The zero-order valence-electron chi connectivity index (χ0n) is 25.2. The van der Waals surface area contributed by atoms with E-state index in [1.807, 2.05) is 0 Å². The first-order chi connectivity index (χ1) is 22.1. The van der Waals surface area contributed by atoms with Crippen molar-refractivity contribution in [2.24, 2.45) is 23.2 Å². The van der Waals surface area contributed by atoms with Gasteiger partial charge >= 0.3 is 11.9 Å². The van der Waals surface area contributed by atoms with E-state index >= 15 is 0 Å². The maximum absolute atomic E-state index is 14.3. The number of fused-ring (bicyclic) bond motifs is 2. The van der Waals surface area contributed by atoms with Crippen LogP contribution in [0.25, 0.3) is 10.8 Å². The summed E-state index contributed by atoms with van der Waals surface area (Å²) in [6.45, 7) is 0. The van der Waals surface area contributed by atoms with Gasteiger partial charge in [-0.25, -0.2) is 8.42 Å². The van der Waals surface area contributed by atoms with Crippen molar-refractivity contribution in [1.29, 1.82) is 0 Å². The van der Waals surface area contributed by atoms with Gasteiger partial charge in [-0.1, -0.05) is 72.8 Å². The molecule has 46 heavy (non-hydrogen) atoms. The summed E-state index contributed by atoms with van der Waals surface area (Å²) in [5.74, 6) is 0.0381. The predicted octanol–water partition coefficient (Wildman–Crippen LogP) is 6.83. The fourth-order valence-corrected chi connectivity index (χ4v) is 11.1. The number of hydrogen-bond donors (Lipinski definition) is 0. The normalized spacial score (nSPS) is 31.7. The molecule has 3 atom stereocenters. The molecule has 8 heteroatoms. The zero-order chi connectivity index (χ0) is 31.4. The highest BCUT2D eigenvalue weighted by molar-refractivity contribution is 7.86. The molecular formula is C38H33O7S-. The van der Waals surface area contributed by atoms with Crippen LogP contribution in [0.2, 0.25) is 0 Å². The number of benzene rings is 4. The summed E-state index contributed by atoms with van der Waals surface area (Å²) in [6.07, 6.45) is 5.05. The molecule has 7 nitrogen and oxygen atoms in total. The van der Waals surface area contributed by atoms with Crippen molar-refractivity contribution in [2.75, 3.05) is 0 Å². The molecule has 7 aliphatic rings. The van der Waals surface area contributed by atoms with E-state index < -0.39 is 21.1 Å². The third-order valence-electron chi connectivity index (χ3n) is 11.7. The Hall–Kier alpha value is -4.01. The van der Waals surface area contributed by atoms with Crippen molar-refractivity contribution < 1.29 is 32.0 Å². The first kappa shape index (κ1) is 28.2. The lowest BCUT2D eigenvalue weighted by Gasteiger charge is -2.60. The third-order valence-corrected chi connectivity index (χ3v) is 12.6. The lowest BCUT2D eigenvalue weighted by molar-refractivity contribution is -0.212. The van der Waals surface area contributed by atoms with E-state index in [2.05, 4.69) is 48.5 Å². The van der Waals surface area contributed by atoms with Crippen LogP contribution in [-0.4, -0.2) is 30.5 Å². The van der Waals surface area contributed by atoms with Gasteiger partial charge in [0.2, 0.25) is 0 Å². The molecule has 0 aliphatic heterocycles. The van der Waals surface area contributed by atoms with Crippen molar-refractivity contribution in [3.63, 3.8) is 0 Å². The molecule has 7 aliphatic carbocycles. The molecule has 4 saturated carbocycles. The minimum Gasteiger partial charge on any atom is -0.744 e. The Morgan fingerprint density at radius 3 is 1.93 bits per heavy atom. The number of esters is 2. The SMILES string of the molecule is O=C(OC12CC3CC(C1)CC(C(=O)Oc1ccc(S(=O)(=O)[O-])c4ccccc14)(C3)C2)C1CC2c3ccccc3C1c1ccccc12. The van der Waals surface area contributed by atoms with Crippen molar-refractivity contribution >= 4 is 32.8 Å². The number of hydrogen-bond acceptors (Lipinski definition) is 7. The number of rotatable bonds is 5. The summed E-state index contributed by atoms with van der Waals surface area (Å²) in [5, 5.41) is 0.621. The van der Waals surface area contributed by atoms with E-state index in [0.717, 1.165) is 25.7 Å². The quantitative estimate of drug-likeness (QED) is 0.135. The minimum atomic E-state index is -4.72. The summed E-state index contributed by atoms with van der Waals surface area (Å²) in [6, 6.07) is 26.1. The van der Waals surface area contributed by atoms with E-state index in [0.29, 0.717) is 24.6 Å². The molecule has 6 bridgehead atoms. The Morgan fingerprint density at radius 2 is 1.30 bits per heavy atom. The maximum atomic E-state index is 14.3. The predicted molar refractivity (Wildman–Crippen MR) is 168 cm³/mol. The second-order valence-electron chi connectivity index (χ2n) is 14.4. The van der Waals surface area contributed by atoms with Gasteiger partial charge in [-0.15, -0.1) is 0 Å². The summed E-state index contributed by atoms with van der Waals surface area (Å²) in [4.78, 5) is 28.1. The lowest BCUT2D eigenvalue weighted by Crippen LogP contribution is -2.60. The van der Waals surface area contributed by atoms with Crippen LogP contribution in [-0.2, 0) is 24.4 Å². The molecule has 0 heterocycles. The third kappa shape index (κ3) is 4.15. The minimum absolute atomic E-state index is 0.0491. The highest BCUT2D eigenvalue weighted by atomic mass is 32.2. The van der Waals surface area contributed by atoms with Gasteiger partial charge < -0.3 is 14.0 Å². The summed E-state index contributed by atoms with van der Waals surface area (Å²) in [5.41, 5.74) is 3.54. The zero-order valence-corrected chi connectivity index (χ0v) is 26.0. The monoisotopic (exact) mass is 633 g/mol. The molecule has 4 fully saturated rings. The first-order valence-corrected chi connectivity index (χ1v) is 17.6. The van der Waals surface area contributed by atoms with Crippen LogP contribution in [0.5, 0.6) is 5.75 Å². The average Bonchev–Trinajstić information content (AvgIpc) is 3.03. The van der Waals surface area contributed by atoms with Gasteiger partial charge in [0.05, 0.1) is 16.2 Å². The largest absolute Gasteiger partial charge is 0.744 e. The van der Waals surface area contributed by atoms with Crippen LogP contribution in [0.1, 0.15) is 79.0 Å². The van der Waals surface area contributed by atoms with Crippen LogP contribution in [0, 0.1) is 23.2 Å². The van der Waals surface area contributed by atoms with E-state index in [1.165, 1.54) is 34.4 Å². The Kier molecular flexibility index (Phi) is 5.98. The van der Waals surface area contributed by atoms with Gasteiger partial charge in [0.1, 0.15) is 21.5 Å². The van der Waals surface area contributed by atoms with Crippen LogP contribution >= 0.6 is 0 Å². The second kappa shape index (κ2) is 9.75. The topological polar surface area (TPSA) is 110 Å². The summed E-state index contributed by atoms with van der Waals surface area (Å²) >= 11 is 0. The van der Waals surface area contributed by atoms with Gasteiger partial charge in [0.15, 0.2) is 0 Å². The van der Waals surface area contributed by atoms with Crippen LogP contribution in [0.4, 0.5) is 0 Å². The standard InChI is InChI=1S/C38H34O7S/c39-35(31-16-30-24-7-1-5-11-28(24)34(31)29-12-6-2-8-25(29)30)45-38-19-22-15-23(20-38)18-37(17-22,21-38)36(40)44-32-13-14-33(46(41,42)43)27-10-4-3-9-26(27)32/h1-14,22-23,30-31,34H,15-21H2,(H,41,42,43)/p-1.